The first-order valence-electron chi connectivity index (χ1n) is 10.5. The number of ketones is 1. The van der Waals surface area contributed by atoms with Crippen LogP contribution in [0.5, 0.6) is 0 Å². The lowest BCUT2D eigenvalue weighted by atomic mass is 10.1. The molecule has 2 saturated heterocycles. The summed E-state index contributed by atoms with van der Waals surface area (Å²) in [6.45, 7) is 8.11. The number of piperazine rings is 1. The molecule has 29 heavy (non-hydrogen) atoms. The molecule has 2 aliphatic heterocycles. The zero-order valence-electron chi connectivity index (χ0n) is 17.5. The molecule has 3 rings (SSSR count). The minimum absolute atomic E-state index is 0.0267. The van der Waals surface area contributed by atoms with Crippen LogP contribution >= 0.6 is 0 Å². The van der Waals surface area contributed by atoms with E-state index in [1.165, 1.54) is 13.0 Å². The number of likely N-dealkylation sites (tertiary alicyclic amines) is 1. The van der Waals surface area contributed by atoms with Crippen LogP contribution in [0.2, 0.25) is 0 Å². The normalized spacial score (nSPS) is 20.0. The van der Waals surface area contributed by atoms with Gasteiger partial charge in [-0.3, -0.25) is 14.4 Å². The molecular weight excluding hydrogens is 373 g/mol. The number of Topliss-reactive ketones (excluding diaryl/α,β-unsaturated/α-hetero) is 1. The summed E-state index contributed by atoms with van der Waals surface area (Å²) < 4.78 is 14.4. The maximum absolute atomic E-state index is 14.4. The Labute approximate surface area is 171 Å². The highest BCUT2D eigenvalue weighted by molar-refractivity contribution is 5.94. The Balaban J connectivity index is 1.59. The Bertz CT molecular complexity index is 786. The average molecular weight is 403 g/mol. The predicted molar refractivity (Wildman–Crippen MR) is 109 cm³/mol. The number of amides is 2. The second-order valence-corrected chi connectivity index (χ2v) is 7.95. The summed E-state index contributed by atoms with van der Waals surface area (Å²) in [6.07, 6.45) is 2.09. The summed E-state index contributed by atoms with van der Waals surface area (Å²) >= 11 is 0. The van der Waals surface area contributed by atoms with E-state index >= 15 is 0 Å². The summed E-state index contributed by atoms with van der Waals surface area (Å²) in [6, 6.07) is 4.74. The number of rotatable bonds is 6. The van der Waals surface area contributed by atoms with Crippen molar-refractivity contribution in [2.45, 2.75) is 46.1 Å². The molecule has 0 aromatic heterocycles. The highest BCUT2D eigenvalue weighted by atomic mass is 19.1. The minimum atomic E-state index is -0.417. The van der Waals surface area contributed by atoms with Gasteiger partial charge in [-0.1, -0.05) is 13.8 Å². The first kappa shape index (κ1) is 21.3. The fraction of sp³-hybridized carbons (Fsp3) is 0.591. The summed E-state index contributed by atoms with van der Waals surface area (Å²) in [7, 11) is 0. The quantitative estimate of drug-likeness (QED) is 0.686. The van der Waals surface area contributed by atoms with Crippen molar-refractivity contribution in [3.05, 3.63) is 29.6 Å². The molecule has 2 fully saturated rings. The van der Waals surface area contributed by atoms with Crippen LogP contribution in [0.3, 0.4) is 0 Å². The van der Waals surface area contributed by atoms with Gasteiger partial charge in [0.15, 0.2) is 5.78 Å². The van der Waals surface area contributed by atoms with E-state index in [4.69, 9.17) is 0 Å². The molecule has 1 aromatic rings. The molecule has 2 aliphatic rings. The molecule has 158 valence electrons. The zero-order valence-corrected chi connectivity index (χ0v) is 17.5. The first-order chi connectivity index (χ1) is 13.8. The topological polar surface area (TPSA) is 60.9 Å². The number of carbonyl (C=O) groups excluding carboxylic acids is 3. The second-order valence-electron chi connectivity index (χ2n) is 7.95. The molecule has 0 aliphatic carbocycles. The summed E-state index contributed by atoms with van der Waals surface area (Å²) in [5, 5.41) is 0. The fourth-order valence-electron chi connectivity index (χ4n) is 4.39. The van der Waals surface area contributed by atoms with E-state index in [1.54, 1.807) is 17.0 Å². The summed E-state index contributed by atoms with van der Waals surface area (Å²) in [5.74, 6) is -0.762. The van der Waals surface area contributed by atoms with E-state index in [0.717, 1.165) is 12.8 Å². The number of halogens is 1. The van der Waals surface area contributed by atoms with Gasteiger partial charge in [0.1, 0.15) is 5.82 Å². The van der Waals surface area contributed by atoms with Crippen LogP contribution in [0.1, 0.15) is 50.4 Å². The van der Waals surface area contributed by atoms with Crippen LogP contribution in [0.25, 0.3) is 0 Å². The molecule has 2 amide bonds. The second kappa shape index (κ2) is 8.93. The largest absolute Gasteiger partial charge is 0.366 e. The molecule has 0 radical (unpaired) electrons. The molecule has 1 aromatic carbocycles. The van der Waals surface area contributed by atoms with E-state index in [-0.39, 0.29) is 36.0 Å². The van der Waals surface area contributed by atoms with E-state index in [1.807, 2.05) is 9.80 Å². The van der Waals surface area contributed by atoms with E-state index in [2.05, 4.69) is 13.8 Å². The highest BCUT2D eigenvalue weighted by Crippen LogP contribution is 2.26. The van der Waals surface area contributed by atoms with Crippen LogP contribution in [-0.2, 0) is 9.59 Å². The van der Waals surface area contributed by atoms with Crippen LogP contribution in [-0.4, -0.2) is 66.2 Å². The predicted octanol–water partition coefficient (Wildman–Crippen LogP) is 2.71. The highest BCUT2D eigenvalue weighted by Gasteiger charge is 2.39. The van der Waals surface area contributed by atoms with Crippen LogP contribution in [0.4, 0.5) is 10.1 Å². The van der Waals surface area contributed by atoms with Crippen molar-refractivity contribution < 1.29 is 18.8 Å². The van der Waals surface area contributed by atoms with E-state index in [9.17, 15) is 18.8 Å². The third kappa shape index (κ3) is 4.43. The van der Waals surface area contributed by atoms with Crippen molar-refractivity contribution in [2.24, 2.45) is 5.92 Å². The molecular formula is C22H30FN3O3. The van der Waals surface area contributed by atoms with Gasteiger partial charge in [-0.15, -0.1) is 0 Å². The van der Waals surface area contributed by atoms with Crippen LogP contribution in [0, 0.1) is 11.7 Å². The number of anilines is 1. The number of nitrogens with zero attached hydrogens (tertiary/aromatic N) is 3. The van der Waals surface area contributed by atoms with Crippen molar-refractivity contribution in [3.8, 4) is 0 Å². The Morgan fingerprint density at radius 2 is 1.79 bits per heavy atom. The number of hydrogen-bond donors (Lipinski definition) is 0. The SMILES string of the molecule is CCC(CC)N1CC(C(=O)N2CCN(c3ccc(C(C)=O)cc3F)CC2)CC1=O. The van der Waals surface area contributed by atoms with Gasteiger partial charge >= 0.3 is 0 Å². The monoisotopic (exact) mass is 403 g/mol. The van der Waals surface area contributed by atoms with E-state index in [0.29, 0.717) is 44.0 Å². The van der Waals surface area contributed by atoms with Crippen LogP contribution < -0.4 is 4.90 Å². The molecule has 0 bridgehead atoms. The van der Waals surface area contributed by atoms with E-state index < -0.39 is 5.82 Å². The Morgan fingerprint density at radius 3 is 2.34 bits per heavy atom. The van der Waals surface area contributed by atoms with Crippen molar-refractivity contribution in [1.82, 2.24) is 9.80 Å². The van der Waals surface area contributed by atoms with Gasteiger partial charge in [0.05, 0.1) is 11.6 Å². The average Bonchev–Trinajstić information content (AvgIpc) is 3.10. The molecule has 2 heterocycles. The smallest absolute Gasteiger partial charge is 0.228 e. The summed E-state index contributed by atoms with van der Waals surface area (Å²) in [5.41, 5.74) is 0.811. The molecule has 0 spiro atoms. The summed E-state index contributed by atoms with van der Waals surface area (Å²) in [4.78, 5) is 42.3. The lowest BCUT2D eigenvalue weighted by molar-refractivity contribution is -0.136. The van der Waals surface area contributed by atoms with Gasteiger partial charge in [-0.2, -0.15) is 0 Å². The number of benzene rings is 1. The van der Waals surface area contributed by atoms with Gasteiger partial charge in [-0.25, -0.2) is 4.39 Å². The Hall–Kier alpha value is -2.44. The molecule has 1 atom stereocenters. The number of hydrogen-bond acceptors (Lipinski definition) is 4. The van der Waals surface area contributed by atoms with Crippen molar-refractivity contribution in [1.29, 1.82) is 0 Å². The number of carbonyl (C=O) groups is 3. The maximum atomic E-state index is 14.4. The first-order valence-corrected chi connectivity index (χ1v) is 10.5. The molecule has 7 heteroatoms. The molecule has 0 saturated carbocycles. The van der Waals surface area contributed by atoms with Gasteiger partial charge in [-0.05, 0) is 38.0 Å². The molecule has 1 unspecified atom stereocenters. The minimum Gasteiger partial charge on any atom is -0.366 e. The maximum Gasteiger partial charge on any atom is 0.228 e. The lowest BCUT2D eigenvalue weighted by Gasteiger charge is -2.37. The molecule has 6 nitrogen and oxygen atoms in total. The van der Waals surface area contributed by atoms with Crippen molar-refractivity contribution in [2.75, 3.05) is 37.6 Å². The molecule has 0 N–H and O–H groups in total. The Morgan fingerprint density at radius 1 is 1.14 bits per heavy atom. The van der Waals surface area contributed by atoms with Crippen LogP contribution in [0.15, 0.2) is 18.2 Å². The van der Waals surface area contributed by atoms with Gasteiger partial charge in [0.2, 0.25) is 11.8 Å². The third-order valence-corrected chi connectivity index (χ3v) is 6.18. The Kier molecular flexibility index (Phi) is 6.55. The van der Waals surface area contributed by atoms with Gasteiger partial charge in [0.25, 0.3) is 0 Å². The third-order valence-electron chi connectivity index (χ3n) is 6.18. The fourth-order valence-corrected chi connectivity index (χ4v) is 4.39. The zero-order chi connectivity index (χ0) is 21.1. The standard InChI is InChI=1S/C22H30FN3O3/c1-4-18(5-2)26-14-17(13-21(26)28)22(29)25-10-8-24(9-11-25)20-7-6-16(15(3)27)12-19(20)23/h6-7,12,17-18H,4-5,8-11,13-14H2,1-3H3. The van der Waals surface area contributed by atoms with Gasteiger partial charge < -0.3 is 14.7 Å². The van der Waals surface area contributed by atoms with Crippen molar-refractivity contribution in [3.63, 3.8) is 0 Å². The van der Waals surface area contributed by atoms with Gasteiger partial charge in [0, 0.05) is 50.7 Å². The van der Waals surface area contributed by atoms with Crippen molar-refractivity contribution >= 4 is 23.3 Å². The lowest BCUT2D eigenvalue weighted by Crippen LogP contribution is -2.51.